The fourth-order valence-corrected chi connectivity index (χ4v) is 4.20. The number of aryl methyl sites for hydroxylation is 1. The Bertz CT molecular complexity index is 867. The molecule has 0 bridgehead atoms. The minimum absolute atomic E-state index is 0.198. The number of rotatable bonds is 1. The molecule has 0 spiro atoms. The number of benzene rings is 2. The van der Waals surface area contributed by atoms with Gasteiger partial charge in [-0.05, 0) is 54.8 Å². The first-order valence-corrected chi connectivity index (χ1v) is 9.01. The van der Waals surface area contributed by atoms with Gasteiger partial charge in [0.25, 0.3) is 0 Å². The predicted octanol–water partition coefficient (Wildman–Crippen LogP) is 5.24. The standard InChI is InChI=1S/C18H16Br2N2/c1-10-2-5-16-13(8-10)12-6-7-21-17(18(12)22-16)14-9-11(19)3-4-15(14)20/h2-5,8-9,17,21-22H,6-7H2,1H3. The minimum Gasteiger partial charge on any atom is -0.357 e. The van der Waals surface area contributed by atoms with Crippen molar-refractivity contribution >= 4 is 42.8 Å². The van der Waals surface area contributed by atoms with E-state index in [2.05, 4.69) is 85.5 Å². The van der Waals surface area contributed by atoms with Crippen molar-refractivity contribution in [2.75, 3.05) is 6.54 Å². The Kier molecular flexibility index (Phi) is 3.63. The highest BCUT2D eigenvalue weighted by Gasteiger charge is 2.26. The van der Waals surface area contributed by atoms with Crippen LogP contribution in [0.1, 0.15) is 28.4 Å². The molecule has 0 amide bonds. The van der Waals surface area contributed by atoms with Gasteiger partial charge < -0.3 is 10.3 Å². The van der Waals surface area contributed by atoms with Gasteiger partial charge in [0.05, 0.1) is 6.04 Å². The molecule has 1 aliphatic heterocycles. The topological polar surface area (TPSA) is 27.8 Å². The molecule has 0 fully saturated rings. The maximum Gasteiger partial charge on any atom is 0.0743 e. The Morgan fingerprint density at radius 3 is 2.82 bits per heavy atom. The van der Waals surface area contributed by atoms with Crippen LogP contribution in [-0.4, -0.2) is 11.5 Å². The Labute approximate surface area is 146 Å². The molecule has 4 rings (SSSR count). The van der Waals surface area contributed by atoms with Crippen molar-refractivity contribution in [2.24, 2.45) is 0 Å². The van der Waals surface area contributed by atoms with Crippen molar-refractivity contribution in [3.05, 3.63) is 67.7 Å². The molecule has 1 aliphatic rings. The highest BCUT2D eigenvalue weighted by atomic mass is 79.9. The van der Waals surface area contributed by atoms with Crippen LogP contribution in [0.25, 0.3) is 10.9 Å². The zero-order valence-electron chi connectivity index (χ0n) is 12.2. The van der Waals surface area contributed by atoms with Gasteiger partial charge in [0, 0.05) is 32.1 Å². The van der Waals surface area contributed by atoms with E-state index in [1.807, 2.05) is 0 Å². The molecule has 2 N–H and O–H groups in total. The Hall–Kier alpha value is -1.10. The van der Waals surface area contributed by atoms with Gasteiger partial charge in [0.2, 0.25) is 0 Å². The van der Waals surface area contributed by atoms with E-state index < -0.39 is 0 Å². The first-order chi connectivity index (χ1) is 10.6. The largest absolute Gasteiger partial charge is 0.357 e. The monoisotopic (exact) mass is 418 g/mol. The van der Waals surface area contributed by atoms with Gasteiger partial charge in [0.15, 0.2) is 0 Å². The first-order valence-electron chi connectivity index (χ1n) is 7.43. The number of halogens is 2. The fraction of sp³-hybridized carbons (Fsp3) is 0.222. The van der Waals surface area contributed by atoms with Gasteiger partial charge in [-0.3, -0.25) is 0 Å². The van der Waals surface area contributed by atoms with Crippen LogP contribution in [0.3, 0.4) is 0 Å². The van der Waals surface area contributed by atoms with Crippen molar-refractivity contribution in [3.8, 4) is 0 Å². The summed E-state index contributed by atoms with van der Waals surface area (Å²) in [6.45, 7) is 3.15. The van der Waals surface area contributed by atoms with Crippen molar-refractivity contribution in [3.63, 3.8) is 0 Å². The van der Waals surface area contributed by atoms with E-state index in [0.29, 0.717) is 0 Å². The summed E-state index contributed by atoms with van der Waals surface area (Å²) < 4.78 is 2.24. The lowest BCUT2D eigenvalue weighted by Crippen LogP contribution is -2.30. The smallest absolute Gasteiger partial charge is 0.0743 e. The number of fused-ring (bicyclic) bond motifs is 3. The molecule has 0 saturated heterocycles. The molecule has 1 unspecified atom stereocenters. The lowest BCUT2D eigenvalue weighted by atomic mass is 9.94. The van der Waals surface area contributed by atoms with E-state index >= 15 is 0 Å². The molecular weight excluding hydrogens is 404 g/mol. The van der Waals surface area contributed by atoms with Gasteiger partial charge >= 0.3 is 0 Å². The van der Waals surface area contributed by atoms with Crippen LogP contribution in [-0.2, 0) is 6.42 Å². The SMILES string of the molecule is Cc1ccc2[nH]c3c(c2c1)CCNC3c1cc(Br)ccc1Br. The van der Waals surface area contributed by atoms with Crippen molar-refractivity contribution in [1.29, 1.82) is 0 Å². The average molecular weight is 420 g/mol. The second kappa shape index (κ2) is 5.52. The highest BCUT2D eigenvalue weighted by Crippen LogP contribution is 2.37. The lowest BCUT2D eigenvalue weighted by Gasteiger charge is -2.26. The van der Waals surface area contributed by atoms with Crippen LogP contribution >= 0.6 is 31.9 Å². The normalized spacial score (nSPS) is 17.7. The molecule has 22 heavy (non-hydrogen) atoms. The maximum absolute atomic E-state index is 3.70. The molecule has 1 atom stereocenters. The molecule has 1 aromatic heterocycles. The van der Waals surface area contributed by atoms with Crippen LogP contribution in [0.15, 0.2) is 45.3 Å². The second-order valence-electron chi connectivity index (χ2n) is 5.87. The van der Waals surface area contributed by atoms with Gasteiger partial charge in [-0.25, -0.2) is 0 Å². The van der Waals surface area contributed by atoms with Crippen molar-refractivity contribution < 1.29 is 0 Å². The summed E-state index contributed by atoms with van der Waals surface area (Å²) in [4.78, 5) is 3.64. The molecule has 0 radical (unpaired) electrons. The van der Waals surface area contributed by atoms with Gasteiger partial charge in [-0.15, -0.1) is 0 Å². The van der Waals surface area contributed by atoms with Gasteiger partial charge in [-0.1, -0.05) is 43.5 Å². The molecule has 112 valence electrons. The summed E-state index contributed by atoms with van der Waals surface area (Å²) in [5.74, 6) is 0. The summed E-state index contributed by atoms with van der Waals surface area (Å²) in [5, 5.41) is 5.02. The number of aromatic amines is 1. The lowest BCUT2D eigenvalue weighted by molar-refractivity contribution is 0.558. The highest BCUT2D eigenvalue weighted by molar-refractivity contribution is 9.11. The van der Waals surface area contributed by atoms with Crippen molar-refractivity contribution in [1.82, 2.24) is 10.3 Å². The number of H-pyrrole nitrogens is 1. The van der Waals surface area contributed by atoms with E-state index in [4.69, 9.17) is 0 Å². The Balaban J connectivity index is 1.92. The van der Waals surface area contributed by atoms with E-state index in [-0.39, 0.29) is 6.04 Å². The molecule has 2 nitrogen and oxygen atoms in total. The number of hydrogen-bond donors (Lipinski definition) is 2. The number of aromatic nitrogens is 1. The zero-order chi connectivity index (χ0) is 15.3. The molecule has 4 heteroatoms. The quantitative estimate of drug-likeness (QED) is 0.554. The summed E-state index contributed by atoms with van der Waals surface area (Å²) in [6.07, 6.45) is 1.07. The van der Waals surface area contributed by atoms with Crippen LogP contribution in [0, 0.1) is 6.92 Å². The number of nitrogens with one attached hydrogen (secondary N) is 2. The summed E-state index contributed by atoms with van der Waals surface area (Å²) in [7, 11) is 0. The third kappa shape index (κ3) is 2.34. The number of hydrogen-bond acceptors (Lipinski definition) is 1. The molecule has 3 aromatic rings. The summed E-state index contributed by atoms with van der Waals surface area (Å²) in [6, 6.07) is 13.2. The Morgan fingerprint density at radius 1 is 1.09 bits per heavy atom. The van der Waals surface area contributed by atoms with Crippen molar-refractivity contribution in [2.45, 2.75) is 19.4 Å². The Morgan fingerprint density at radius 2 is 1.95 bits per heavy atom. The molecular formula is C18H16Br2N2. The third-order valence-electron chi connectivity index (χ3n) is 4.38. The maximum atomic E-state index is 3.70. The third-order valence-corrected chi connectivity index (χ3v) is 5.59. The van der Waals surface area contributed by atoms with Crippen LogP contribution in [0.5, 0.6) is 0 Å². The average Bonchev–Trinajstić information content (AvgIpc) is 2.88. The molecule has 2 heterocycles. The molecule has 0 aliphatic carbocycles. The van der Waals surface area contributed by atoms with Gasteiger partial charge in [0.1, 0.15) is 0 Å². The zero-order valence-corrected chi connectivity index (χ0v) is 15.4. The van der Waals surface area contributed by atoms with E-state index in [9.17, 15) is 0 Å². The minimum atomic E-state index is 0.198. The summed E-state index contributed by atoms with van der Waals surface area (Å²) >= 11 is 7.29. The van der Waals surface area contributed by atoms with Gasteiger partial charge in [-0.2, -0.15) is 0 Å². The predicted molar refractivity (Wildman–Crippen MR) is 98.4 cm³/mol. The molecule has 2 aromatic carbocycles. The van der Waals surface area contributed by atoms with E-state index in [0.717, 1.165) is 21.9 Å². The van der Waals surface area contributed by atoms with Crippen LogP contribution in [0.2, 0.25) is 0 Å². The summed E-state index contributed by atoms with van der Waals surface area (Å²) in [5.41, 5.74) is 6.56. The van der Waals surface area contributed by atoms with E-state index in [1.165, 1.54) is 33.3 Å². The molecule has 0 saturated carbocycles. The van der Waals surface area contributed by atoms with E-state index in [1.54, 1.807) is 0 Å². The second-order valence-corrected chi connectivity index (χ2v) is 7.64. The fourth-order valence-electron chi connectivity index (χ4n) is 3.34. The first kappa shape index (κ1) is 14.5. The van der Waals surface area contributed by atoms with Crippen LogP contribution in [0.4, 0.5) is 0 Å². The van der Waals surface area contributed by atoms with Crippen LogP contribution < -0.4 is 5.32 Å².